The molecule has 0 spiro atoms. The summed E-state index contributed by atoms with van der Waals surface area (Å²) in [5, 5.41) is 3.33. The van der Waals surface area contributed by atoms with Crippen LogP contribution in [0.4, 0.5) is 0 Å². The summed E-state index contributed by atoms with van der Waals surface area (Å²) in [6.45, 7) is 2.97. The number of carbonyl (C=O) groups is 1. The zero-order valence-corrected chi connectivity index (χ0v) is 23.5. The Morgan fingerprint density at radius 3 is 2.46 bits per heavy atom. The molecule has 1 saturated heterocycles. The van der Waals surface area contributed by atoms with Gasteiger partial charge in [0.1, 0.15) is 5.69 Å². The van der Waals surface area contributed by atoms with Crippen molar-refractivity contribution in [3.63, 3.8) is 0 Å². The number of benzene rings is 1. The Bertz CT molecular complexity index is 1550. The van der Waals surface area contributed by atoms with E-state index in [1.807, 2.05) is 58.0 Å². The molecule has 9 heteroatoms. The highest BCUT2D eigenvalue weighted by molar-refractivity contribution is 5.99. The van der Waals surface area contributed by atoms with Gasteiger partial charge in [0.05, 0.1) is 25.0 Å². The van der Waals surface area contributed by atoms with Crippen molar-refractivity contribution < 1.29 is 9.53 Å². The fourth-order valence-corrected chi connectivity index (χ4v) is 6.06. The van der Waals surface area contributed by atoms with Crippen molar-refractivity contribution in [1.29, 1.82) is 0 Å². The highest BCUT2D eigenvalue weighted by Crippen LogP contribution is 2.34. The third-order valence-corrected chi connectivity index (χ3v) is 8.17. The summed E-state index contributed by atoms with van der Waals surface area (Å²) in [4.78, 5) is 39.4. The van der Waals surface area contributed by atoms with Crippen LogP contribution in [0.3, 0.4) is 0 Å². The van der Waals surface area contributed by atoms with Crippen molar-refractivity contribution in [3.05, 3.63) is 88.7 Å². The predicted octanol–water partition coefficient (Wildman–Crippen LogP) is 4.38. The van der Waals surface area contributed by atoms with Crippen LogP contribution in [0.5, 0.6) is 5.88 Å². The molecule has 41 heavy (non-hydrogen) atoms. The summed E-state index contributed by atoms with van der Waals surface area (Å²) in [5.74, 6) is 0.440. The molecular formula is C32H36N6O3. The summed E-state index contributed by atoms with van der Waals surface area (Å²) < 4.78 is 8.83. The molecule has 212 valence electrons. The molecule has 1 aromatic carbocycles. The van der Waals surface area contributed by atoms with Gasteiger partial charge in [-0.15, -0.1) is 0 Å². The maximum Gasteiger partial charge on any atom is 0.329 e. The molecule has 2 fully saturated rings. The Morgan fingerprint density at radius 2 is 1.76 bits per heavy atom. The van der Waals surface area contributed by atoms with Gasteiger partial charge < -0.3 is 15.0 Å². The molecule has 1 aliphatic carbocycles. The van der Waals surface area contributed by atoms with Gasteiger partial charge in [-0.05, 0) is 36.6 Å². The fraction of sp³-hybridized carbons (Fsp3) is 0.375. The van der Waals surface area contributed by atoms with E-state index in [2.05, 4.69) is 15.3 Å². The molecule has 1 N–H and O–H groups in total. The summed E-state index contributed by atoms with van der Waals surface area (Å²) in [7, 11) is 1.58. The van der Waals surface area contributed by atoms with Crippen LogP contribution in [0.1, 0.15) is 54.2 Å². The van der Waals surface area contributed by atoms with E-state index in [0.717, 1.165) is 66.9 Å². The molecule has 0 bridgehead atoms. The Balaban J connectivity index is 1.49. The molecule has 0 atom stereocenters. The largest absolute Gasteiger partial charge is 0.481 e. The molecule has 9 nitrogen and oxygen atoms in total. The third kappa shape index (κ3) is 5.54. The first-order valence-electron chi connectivity index (χ1n) is 14.5. The van der Waals surface area contributed by atoms with Gasteiger partial charge in [-0.2, -0.15) is 0 Å². The van der Waals surface area contributed by atoms with Crippen LogP contribution < -0.4 is 15.7 Å². The second-order valence-electron chi connectivity index (χ2n) is 10.8. The lowest BCUT2D eigenvalue weighted by Crippen LogP contribution is -2.47. The number of hydrogen-bond donors (Lipinski definition) is 1. The lowest BCUT2D eigenvalue weighted by molar-refractivity contribution is 0.0725. The van der Waals surface area contributed by atoms with Crippen LogP contribution in [0.2, 0.25) is 0 Å². The van der Waals surface area contributed by atoms with Crippen LogP contribution >= 0.6 is 0 Å². The Morgan fingerprint density at radius 1 is 0.976 bits per heavy atom. The van der Waals surface area contributed by atoms with Crippen molar-refractivity contribution in [1.82, 2.24) is 29.3 Å². The first kappa shape index (κ1) is 27.0. The van der Waals surface area contributed by atoms with Gasteiger partial charge in [0.2, 0.25) is 5.88 Å². The molecular weight excluding hydrogens is 516 g/mol. The quantitative estimate of drug-likeness (QED) is 0.366. The number of rotatable bonds is 7. The van der Waals surface area contributed by atoms with Crippen LogP contribution in [0, 0.1) is 0 Å². The summed E-state index contributed by atoms with van der Waals surface area (Å²) in [6, 6.07) is 17.6. The number of methoxy groups -OCH3 is 1. The molecule has 0 radical (unpaired) electrons. The van der Waals surface area contributed by atoms with E-state index in [-0.39, 0.29) is 24.2 Å². The van der Waals surface area contributed by atoms with Crippen LogP contribution in [0.25, 0.3) is 22.5 Å². The first-order valence-corrected chi connectivity index (χ1v) is 14.5. The van der Waals surface area contributed by atoms with E-state index in [0.29, 0.717) is 24.7 Å². The number of aromatic nitrogens is 4. The van der Waals surface area contributed by atoms with Gasteiger partial charge in [-0.1, -0.05) is 49.6 Å². The number of hydrogen-bond acceptors (Lipinski definition) is 6. The highest BCUT2D eigenvalue weighted by atomic mass is 16.5. The van der Waals surface area contributed by atoms with Crippen molar-refractivity contribution in [2.24, 2.45) is 0 Å². The number of imidazole rings is 1. The van der Waals surface area contributed by atoms with Crippen LogP contribution in [-0.4, -0.2) is 63.2 Å². The van der Waals surface area contributed by atoms with E-state index in [1.54, 1.807) is 30.1 Å². The minimum Gasteiger partial charge on any atom is -0.481 e. The van der Waals surface area contributed by atoms with Gasteiger partial charge in [-0.25, -0.2) is 9.78 Å². The van der Waals surface area contributed by atoms with Gasteiger partial charge in [0.25, 0.3) is 5.91 Å². The van der Waals surface area contributed by atoms with Crippen LogP contribution in [-0.2, 0) is 6.54 Å². The molecule has 2 aliphatic rings. The van der Waals surface area contributed by atoms with Gasteiger partial charge in [-0.3, -0.25) is 18.9 Å². The molecule has 6 rings (SSSR count). The normalized spacial score (nSPS) is 16.1. The topological polar surface area (TPSA) is 94.3 Å². The summed E-state index contributed by atoms with van der Waals surface area (Å²) in [6.07, 6.45) is 8.70. The molecule has 1 saturated carbocycles. The molecule has 3 aromatic heterocycles. The van der Waals surface area contributed by atoms with Gasteiger partial charge in [0, 0.05) is 61.8 Å². The fourth-order valence-electron chi connectivity index (χ4n) is 6.06. The zero-order chi connectivity index (χ0) is 28.2. The minimum atomic E-state index is -0.126. The van der Waals surface area contributed by atoms with Crippen molar-refractivity contribution in [2.75, 3.05) is 33.3 Å². The zero-order valence-electron chi connectivity index (χ0n) is 23.5. The van der Waals surface area contributed by atoms with Crippen LogP contribution in [0.15, 0.2) is 71.8 Å². The van der Waals surface area contributed by atoms with Crippen molar-refractivity contribution in [3.8, 4) is 28.4 Å². The Hall–Kier alpha value is -4.24. The Kier molecular flexibility index (Phi) is 7.95. The molecule has 0 unspecified atom stereocenters. The minimum absolute atomic E-state index is 0.0700. The second kappa shape index (κ2) is 12.1. The molecule has 1 aliphatic heterocycles. The number of nitrogens with zero attached hydrogens (tertiary/aromatic N) is 5. The predicted molar refractivity (Wildman–Crippen MR) is 158 cm³/mol. The first-order chi connectivity index (χ1) is 20.1. The summed E-state index contributed by atoms with van der Waals surface area (Å²) in [5.41, 5.74) is 4.46. The number of amides is 1. The van der Waals surface area contributed by atoms with E-state index >= 15 is 0 Å². The maximum absolute atomic E-state index is 14.4. The number of carbonyl (C=O) groups excluding carboxylic acids is 1. The SMILES string of the molecule is COc1ccc(-c2cc(Cn3c(C(=O)N4CCNCC4)c(-c4ccccc4)n(C4CCCCC4)c3=O)ccn2)cn1. The third-order valence-electron chi connectivity index (χ3n) is 8.17. The van der Waals surface area contributed by atoms with Crippen molar-refractivity contribution >= 4 is 5.91 Å². The number of ether oxygens (including phenoxy) is 1. The molecule has 4 aromatic rings. The van der Waals surface area contributed by atoms with Gasteiger partial charge >= 0.3 is 5.69 Å². The average molecular weight is 553 g/mol. The van der Waals surface area contributed by atoms with Gasteiger partial charge in [0.15, 0.2) is 0 Å². The lowest BCUT2D eigenvalue weighted by Gasteiger charge is -2.28. The second-order valence-corrected chi connectivity index (χ2v) is 10.8. The number of pyridine rings is 2. The Labute approximate surface area is 239 Å². The average Bonchev–Trinajstić information content (AvgIpc) is 3.33. The highest BCUT2D eigenvalue weighted by Gasteiger charge is 2.33. The van der Waals surface area contributed by atoms with E-state index in [4.69, 9.17) is 4.74 Å². The molecule has 4 heterocycles. The smallest absolute Gasteiger partial charge is 0.329 e. The number of piperazine rings is 1. The van der Waals surface area contributed by atoms with E-state index in [9.17, 15) is 9.59 Å². The van der Waals surface area contributed by atoms with E-state index in [1.165, 1.54) is 6.42 Å². The maximum atomic E-state index is 14.4. The molecule has 1 amide bonds. The number of nitrogens with one attached hydrogen (secondary N) is 1. The standard InChI is InChI=1S/C32H36N6O3/c1-41-28-13-12-25(21-35-28)27-20-23(14-15-34-27)22-37-30(31(39)36-18-16-33-17-19-36)29(24-8-4-2-5-9-24)38(32(37)40)26-10-6-3-7-11-26/h2,4-5,8-9,12-15,20-21,26,33H,3,6-7,10-11,16-19,22H2,1H3. The lowest BCUT2D eigenvalue weighted by atomic mass is 9.94. The summed E-state index contributed by atoms with van der Waals surface area (Å²) >= 11 is 0. The van der Waals surface area contributed by atoms with Crippen molar-refractivity contribution in [2.45, 2.75) is 44.7 Å². The van der Waals surface area contributed by atoms with E-state index < -0.39 is 0 Å². The monoisotopic (exact) mass is 552 g/mol.